The molecule has 1 aromatic carbocycles. The molecule has 1 amide bonds. The van der Waals surface area contributed by atoms with Crippen LogP contribution in [0, 0.1) is 5.82 Å². The van der Waals surface area contributed by atoms with Crippen LogP contribution in [0.4, 0.5) is 4.39 Å². The van der Waals surface area contributed by atoms with E-state index >= 15 is 0 Å². The van der Waals surface area contributed by atoms with Crippen molar-refractivity contribution in [2.75, 3.05) is 13.2 Å². The molecule has 0 spiro atoms. The summed E-state index contributed by atoms with van der Waals surface area (Å²) in [4.78, 5) is 11.8. The number of hydrogen-bond acceptors (Lipinski definition) is 4. The Kier molecular flexibility index (Phi) is 5.41. The topological polar surface area (TPSA) is 72.5 Å². The maximum atomic E-state index is 13.1. The molecule has 0 bridgehead atoms. The summed E-state index contributed by atoms with van der Waals surface area (Å²) in [5, 5.41) is 0.982. The number of benzene rings is 1. The van der Waals surface area contributed by atoms with E-state index in [0.29, 0.717) is 6.61 Å². The van der Waals surface area contributed by atoms with E-state index in [1.165, 1.54) is 6.92 Å². The average Bonchev–Trinajstić information content (AvgIpc) is 3.00. The second kappa shape index (κ2) is 6.93. The van der Waals surface area contributed by atoms with Crippen LogP contribution in [0.3, 0.4) is 0 Å². The van der Waals surface area contributed by atoms with Crippen molar-refractivity contribution in [2.45, 2.75) is 36.0 Å². The average molecular weight is 350 g/mol. The second-order valence-electron chi connectivity index (χ2n) is 5.14. The summed E-state index contributed by atoms with van der Waals surface area (Å²) < 4.78 is 43.2. The van der Waals surface area contributed by atoms with Gasteiger partial charge >= 0.3 is 0 Å². The number of ether oxygens (including phenoxy) is 1. The fourth-order valence-corrected chi connectivity index (χ4v) is 3.72. The van der Waals surface area contributed by atoms with E-state index in [1.807, 2.05) is 0 Å². The van der Waals surface area contributed by atoms with Crippen LogP contribution >= 0.6 is 11.6 Å². The molecule has 0 saturated carbocycles. The maximum absolute atomic E-state index is 13.1. The smallest absolute Gasteiger partial charge is 0.238 e. The minimum atomic E-state index is -3.93. The maximum Gasteiger partial charge on any atom is 0.238 e. The Balaban J connectivity index is 2.06. The van der Waals surface area contributed by atoms with Gasteiger partial charge in [0, 0.05) is 13.2 Å². The van der Waals surface area contributed by atoms with Crippen molar-refractivity contribution in [3.05, 3.63) is 29.0 Å². The molecule has 1 aromatic rings. The van der Waals surface area contributed by atoms with Crippen LogP contribution < -0.4 is 5.32 Å². The zero-order chi connectivity index (χ0) is 16.3. The highest BCUT2D eigenvalue weighted by Crippen LogP contribution is 2.22. The Morgan fingerprint density at radius 3 is 2.86 bits per heavy atom. The number of amides is 1. The molecule has 1 fully saturated rings. The Bertz CT molecular complexity index is 659. The van der Waals surface area contributed by atoms with Crippen LogP contribution in [-0.2, 0) is 19.4 Å². The molecule has 0 aromatic heterocycles. The van der Waals surface area contributed by atoms with Gasteiger partial charge in [0.15, 0.2) is 9.84 Å². The van der Waals surface area contributed by atoms with E-state index in [2.05, 4.69) is 5.32 Å². The Morgan fingerprint density at radius 2 is 2.27 bits per heavy atom. The zero-order valence-corrected chi connectivity index (χ0v) is 13.6. The molecule has 2 atom stereocenters. The lowest BCUT2D eigenvalue weighted by molar-refractivity contribution is -0.120. The van der Waals surface area contributed by atoms with Gasteiger partial charge in [0.2, 0.25) is 5.91 Å². The first kappa shape index (κ1) is 17.2. The Morgan fingerprint density at radius 1 is 1.55 bits per heavy atom. The minimum absolute atomic E-state index is 0.0703. The van der Waals surface area contributed by atoms with Gasteiger partial charge in [-0.3, -0.25) is 4.79 Å². The van der Waals surface area contributed by atoms with Crippen molar-refractivity contribution in [3.8, 4) is 0 Å². The van der Waals surface area contributed by atoms with Gasteiger partial charge in [-0.15, -0.1) is 0 Å². The van der Waals surface area contributed by atoms with Crippen molar-refractivity contribution < 1.29 is 22.3 Å². The fraction of sp³-hybridized carbons (Fsp3) is 0.500. The summed E-state index contributed by atoms with van der Waals surface area (Å²) >= 11 is 5.59. The van der Waals surface area contributed by atoms with Gasteiger partial charge in [0.25, 0.3) is 0 Å². The monoisotopic (exact) mass is 349 g/mol. The normalized spacial score (nSPS) is 19.9. The van der Waals surface area contributed by atoms with E-state index in [1.54, 1.807) is 0 Å². The molecule has 0 radical (unpaired) electrons. The first-order chi connectivity index (χ1) is 10.3. The van der Waals surface area contributed by atoms with E-state index in [0.717, 1.165) is 31.0 Å². The SMILES string of the molecule is C[C@H](C(=O)NC[C@@H]1CCCO1)S(=O)(=O)c1ccc(F)c(Cl)c1. The van der Waals surface area contributed by atoms with E-state index in [4.69, 9.17) is 16.3 Å². The van der Waals surface area contributed by atoms with Gasteiger partial charge in [-0.1, -0.05) is 11.6 Å². The molecule has 0 aliphatic carbocycles. The molecule has 0 unspecified atom stereocenters. The molecule has 1 heterocycles. The summed E-state index contributed by atoms with van der Waals surface area (Å²) in [5.74, 6) is -1.33. The van der Waals surface area contributed by atoms with Crippen molar-refractivity contribution in [1.29, 1.82) is 0 Å². The van der Waals surface area contributed by atoms with Gasteiger partial charge in [0.05, 0.1) is 16.0 Å². The molecule has 1 saturated heterocycles. The van der Waals surface area contributed by atoms with Crippen molar-refractivity contribution in [3.63, 3.8) is 0 Å². The number of carbonyl (C=O) groups is 1. The standard InChI is InChI=1S/C14H17ClFNO4S/c1-9(14(18)17-8-10-3-2-6-21-10)22(19,20)11-4-5-13(16)12(15)7-11/h4-5,7,9-10H,2-3,6,8H2,1H3,(H,17,18)/t9-,10+/m1/s1. The summed E-state index contributed by atoms with van der Waals surface area (Å²) in [6.45, 7) is 2.22. The van der Waals surface area contributed by atoms with Gasteiger partial charge in [-0.05, 0) is 38.0 Å². The lowest BCUT2D eigenvalue weighted by Gasteiger charge is -2.15. The predicted octanol–water partition coefficient (Wildman–Crippen LogP) is 1.94. The van der Waals surface area contributed by atoms with Crippen molar-refractivity contribution in [2.24, 2.45) is 0 Å². The Hall–Kier alpha value is -1.18. The molecule has 1 N–H and O–H groups in total. The summed E-state index contributed by atoms with van der Waals surface area (Å²) in [7, 11) is -3.93. The molecule has 122 valence electrons. The van der Waals surface area contributed by atoms with Crippen LogP contribution in [-0.4, -0.2) is 38.8 Å². The second-order valence-corrected chi connectivity index (χ2v) is 7.82. The third-order valence-corrected chi connectivity index (χ3v) is 5.93. The van der Waals surface area contributed by atoms with Crippen molar-refractivity contribution >= 4 is 27.3 Å². The van der Waals surface area contributed by atoms with E-state index in [-0.39, 0.29) is 22.6 Å². The quantitative estimate of drug-likeness (QED) is 0.824. The number of halogens is 2. The molecule has 22 heavy (non-hydrogen) atoms. The van der Waals surface area contributed by atoms with Crippen LogP contribution in [0.1, 0.15) is 19.8 Å². The van der Waals surface area contributed by atoms with Crippen LogP contribution in [0.15, 0.2) is 23.1 Å². The summed E-state index contributed by atoms with van der Waals surface area (Å²) in [6, 6.07) is 3.07. The number of sulfone groups is 1. The van der Waals surface area contributed by atoms with Gasteiger partial charge in [0.1, 0.15) is 11.1 Å². The highest BCUT2D eigenvalue weighted by Gasteiger charge is 2.30. The van der Waals surface area contributed by atoms with Crippen LogP contribution in [0.5, 0.6) is 0 Å². The third kappa shape index (κ3) is 3.77. The zero-order valence-electron chi connectivity index (χ0n) is 12.0. The van der Waals surface area contributed by atoms with Gasteiger partial charge < -0.3 is 10.1 Å². The molecule has 2 rings (SSSR count). The predicted molar refractivity (Wildman–Crippen MR) is 80.0 cm³/mol. The minimum Gasteiger partial charge on any atom is -0.376 e. The number of rotatable bonds is 5. The largest absolute Gasteiger partial charge is 0.376 e. The molecular weight excluding hydrogens is 333 g/mol. The summed E-state index contributed by atoms with van der Waals surface area (Å²) in [5.41, 5.74) is 0. The van der Waals surface area contributed by atoms with Gasteiger partial charge in [-0.2, -0.15) is 0 Å². The molecule has 8 heteroatoms. The highest BCUT2D eigenvalue weighted by atomic mass is 35.5. The van der Waals surface area contributed by atoms with Gasteiger partial charge in [-0.25, -0.2) is 12.8 Å². The third-order valence-electron chi connectivity index (χ3n) is 3.58. The van der Waals surface area contributed by atoms with Crippen molar-refractivity contribution in [1.82, 2.24) is 5.32 Å². The first-order valence-corrected chi connectivity index (χ1v) is 8.83. The van der Waals surface area contributed by atoms with Crippen LogP contribution in [0.25, 0.3) is 0 Å². The Labute approximate surface area is 133 Å². The molecule has 5 nitrogen and oxygen atoms in total. The lowest BCUT2D eigenvalue weighted by atomic mass is 10.2. The lowest BCUT2D eigenvalue weighted by Crippen LogP contribution is -2.41. The van der Waals surface area contributed by atoms with E-state index in [9.17, 15) is 17.6 Å². The highest BCUT2D eigenvalue weighted by molar-refractivity contribution is 7.92. The number of nitrogens with one attached hydrogen (secondary N) is 1. The number of carbonyl (C=O) groups excluding carboxylic acids is 1. The first-order valence-electron chi connectivity index (χ1n) is 6.90. The molecular formula is C14H17ClFNO4S. The fourth-order valence-electron chi connectivity index (χ4n) is 2.16. The van der Waals surface area contributed by atoms with Crippen LogP contribution in [0.2, 0.25) is 5.02 Å². The molecule has 1 aliphatic rings. The van der Waals surface area contributed by atoms with E-state index < -0.39 is 26.8 Å². The number of hydrogen-bond donors (Lipinski definition) is 1. The summed E-state index contributed by atoms with van der Waals surface area (Å²) in [6.07, 6.45) is 1.70. The molecule has 1 aliphatic heterocycles.